The molecule has 3 aliphatic rings. The lowest BCUT2D eigenvalue weighted by atomic mass is 9.70. The van der Waals surface area contributed by atoms with Crippen molar-refractivity contribution in [3.8, 4) is 0 Å². The standard InChI is InChI=1S/C31H43N3O4S/c1-6-17-32(21-22-13-9-8-10-14-22)27(36)24-23-15-16-31(39-23)25(24)28(37)33(19-11-12-20-35)26(31)29(38)34(18-7-2)30(3,4)5/h6-10,13-14,23-26,35H,1-2,11-12,15-21H2,3-5H3/t23-,24+,25+,26?,31?/m1/s1. The van der Waals surface area contributed by atoms with E-state index < -0.39 is 28.2 Å². The molecule has 4 rings (SSSR count). The Bertz CT molecular complexity index is 1090. The van der Waals surface area contributed by atoms with Gasteiger partial charge in [0.25, 0.3) is 0 Å². The summed E-state index contributed by atoms with van der Waals surface area (Å²) in [6.45, 7) is 15.4. The molecule has 2 unspecified atom stereocenters. The van der Waals surface area contributed by atoms with Crippen LogP contribution in [-0.4, -0.2) is 85.3 Å². The third-order valence-corrected chi connectivity index (χ3v) is 10.3. The Balaban J connectivity index is 1.71. The van der Waals surface area contributed by atoms with Gasteiger partial charge in [-0.1, -0.05) is 42.5 Å². The van der Waals surface area contributed by atoms with Crippen molar-refractivity contribution in [3.63, 3.8) is 0 Å². The van der Waals surface area contributed by atoms with E-state index in [0.29, 0.717) is 39.0 Å². The van der Waals surface area contributed by atoms with Crippen LogP contribution in [0.2, 0.25) is 0 Å². The van der Waals surface area contributed by atoms with Crippen LogP contribution in [0.1, 0.15) is 52.0 Å². The number of aliphatic hydroxyl groups is 1. The first-order chi connectivity index (χ1) is 18.6. The summed E-state index contributed by atoms with van der Waals surface area (Å²) in [4.78, 5) is 48.2. The van der Waals surface area contributed by atoms with Crippen molar-refractivity contribution in [2.24, 2.45) is 11.8 Å². The number of fused-ring (bicyclic) bond motifs is 1. The minimum absolute atomic E-state index is 0.00641. The van der Waals surface area contributed by atoms with Crippen LogP contribution < -0.4 is 0 Å². The molecule has 1 aromatic rings. The van der Waals surface area contributed by atoms with Gasteiger partial charge in [-0.05, 0) is 52.0 Å². The summed E-state index contributed by atoms with van der Waals surface area (Å²) in [5.74, 6) is -1.20. The highest BCUT2D eigenvalue weighted by atomic mass is 32.2. The number of likely N-dealkylation sites (tertiary alicyclic amines) is 1. The zero-order valence-electron chi connectivity index (χ0n) is 23.6. The molecule has 2 bridgehead atoms. The molecule has 3 aliphatic heterocycles. The van der Waals surface area contributed by atoms with Crippen molar-refractivity contribution in [1.82, 2.24) is 14.7 Å². The summed E-state index contributed by atoms with van der Waals surface area (Å²) < 4.78 is -0.629. The molecule has 3 heterocycles. The highest BCUT2D eigenvalue weighted by molar-refractivity contribution is 8.02. The summed E-state index contributed by atoms with van der Waals surface area (Å²) in [5, 5.41) is 9.41. The molecule has 5 atom stereocenters. The normalized spacial score (nSPS) is 27.4. The second kappa shape index (κ2) is 11.9. The third-order valence-electron chi connectivity index (χ3n) is 8.39. The molecule has 0 aromatic heterocycles. The van der Waals surface area contributed by atoms with Crippen LogP contribution in [0.4, 0.5) is 0 Å². The van der Waals surface area contributed by atoms with Crippen molar-refractivity contribution in [2.45, 2.75) is 74.6 Å². The zero-order valence-corrected chi connectivity index (χ0v) is 24.4. The van der Waals surface area contributed by atoms with Crippen LogP contribution in [-0.2, 0) is 20.9 Å². The smallest absolute Gasteiger partial charge is 0.247 e. The maximum atomic E-state index is 14.4. The van der Waals surface area contributed by atoms with E-state index in [1.807, 2.05) is 56.0 Å². The first kappa shape index (κ1) is 29.4. The summed E-state index contributed by atoms with van der Waals surface area (Å²) in [6.07, 6.45) is 6.17. The van der Waals surface area contributed by atoms with Crippen LogP contribution in [0, 0.1) is 11.8 Å². The van der Waals surface area contributed by atoms with Crippen LogP contribution in [0.25, 0.3) is 0 Å². The third kappa shape index (κ3) is 5.42. The predicted molar refractivity (Wildman–Crippen MR) is 156 cm³/mol. The predicted octanol–water partition coefficient (Wildman–Crippen LogP) is 3.88. The second-order valence-electron chi connectivity index (χ2n) is 11.9. The molecule has 0 aliphatic carbocycles. The lowest BCUT2D eigenvalue weighted by molar-refractivity contribution is -0.146. The molecule has 0 radical (unpaired) electrons. The fourth-order valence-corrected chi connectivity index (χ4v) is 8.93. The summed E-state index contributed by atoms with van der Waals surface area (Å²) >= 11 is 1.70. The van der Waals surface area contributed by atoms with Gasteiger partial charge < -0.3 is 19.8 Å². The van der Waals surface area contributed by atoms with Gasteiger partial charge in [-0.25, -0.2) is 0 Å². The molecule has 1 aromatic carbocycles. The molecule has 7 nitrogen and oxygen atoms in total. The number of nitrogens with zero attached hydrogens (tertiary/aromatic N) is 3. The van der Waals surface area contributed by atoms with E-state index in [1.165, 1.54) is 0 Å². The van der Waals surface area contributed by atoms with Gasteiger partial charge in [0.1, 0.15) is 6.04 Å². The molecule has 0 saturated carbocycles. The first-order valence-corrected chi connectivity index (χ1v) is 14.9. The van der Waals surface area contributed by atoms with E-state index in [0.717, 1.165) is 18.4 Å². The molecule has 1 N–H and O–H groups in total. The largest absolute Gasteiger partial charge is 0.396 e. The molecular formula is C31H43N3O4S. The fourth-order valence-electron chi connectivity index (χ4n) is 6.72. The van der Waals surface area contributed by atoms with Crippen molar-refractivity contribution in [2.75, 3.05) is 26.2 Å². The number of aliphatic hydroxyl groups excluding tert-OH is 1. The first-order valence-electron chi connectivity index (χ1n) is 14.1. The highest BCUT2D eigenvalue weighted by Gasteiger charge is 2.74. The number of amides is 3. The average molecular weight is 554 g/mol. The Morgan fingerprint density at radius 3 is 2.44 bits per heavy atom. The second-order valence-corrected chi connectivity index (χ2v) is 13.5. The highest BCUT2D eigenvalue weighted by Crippen LogP contribution is 2.66. The summed E-state index contributed by atoms with van der Waals surface area (Å²) in [7, 11) is 0. The number of unbranched alkanes of at least 4 members (excludes halogenated alkanes) is 1. The average Bonchev–Trinajstić information content (AvgIpc) is 3.54. The number of hydrogen-bond donors (Lipinski definition) is 1. The topological polar surface area (TPSA) is 81.2 Å². The summed E-state index contributed by atoms with van der Waals surface area (Å²) in [6, 6.07) is 9.23. The van der Waals surface area contributed by atoms with E-state index >= 15 is 0 Å². The molecule has 3 saturated heterocycles. The zero-order chi connectivity index (χ0) is 28.4. The van der Waals surface area contributed by atoms with Crippen LogP contribution >= 0.6 is 11.8 Å². The Labute approximate surface area is 237 Å². The molecule has 39 heavy (non-hydrogen) atoms. The maximum Gasteiger partial charge on any atom is 0.247 e. The maximum absolute atomic E-state index is 14.4. The quantitative estimate of drug-likeness (QED) is 0.314. The van der Waals surface area contributed by atoms with Crippen LogP contribution in [0.5, 0.6) is 0 Å². The van der Waals surface area contributed by atoms with E-state index in [1.54, 1.807) is 33.7 Å². The molecular weight excluding hydrogens is 510 g/mol. The minimum atomic E-state index is -0.636. The van der Waals surface area contributed by atoms with Gasteiger partial charge in [-0.3, -0.25) is 14.4 Å². The van der Waals surface area contributed by atoms with E-state index in [-0.39, 0.29) is 29.6 Å². The SMILES string of the molecule is C=CCN(Cc1ccccc1)C(=O)[C@@H]1[C@H]2C(=O)N(CCCCO)C(C(=O)N(CC=C)C(C)(C)C)C23CC[C@H]1S3. The van der Waals surface area contributed by atoms with Crippen molar-refractivity contribution in [1.29, 1.82) is 0 Å². The Morgan fingerprint density at radius 2 is 1.82 bits per heavy atom. The number of benzene rings is 1. The van der Waals surface area contributed by atoms with Gasteiger partial charge in [0.15, 0.2) is 0 Å². The van der Waals surface area contributed by atoms with Crippen molar-refractivity contribution in [3.05, 3.63) is 61.2 Å². The van der Waals surface area contributed by atoms with Gasteiger partial charge in [-0.2, -0.15) is 0 Å². The molecule has 3 fully saturated rings. The van der Waals surface area contributed by atoms with E-state index in [4.69, 9.17) is 0 Å². The molecule has 1 spiro atoms. The monoisotopic (exact) mass is 553 g/mol. The van der Waals surface area contributed by atoms with E-state index in [2.05, 4.69) is 13.2 Å². The number of thioether (sulfide) groups is 1. The number of carbonyl (C=O) groups excluding carboxylic acids is 3. The van der Waals surface area contributed by atoms with Crippen molar-refractivity contribution >= 4 is 29.5 Å². The Hall–Kier alpha value is -2.58. The number of hydrogen-bond acceptors (Lipinski definition) is 5. The molecule has 8 heteroatoms. The van der Waals surface area contributed by atoms with Crippen LogP contribution in [0.3, 0.4) is 0 Å². The van der Waals surface area contributed by atoms with Gasteiger partial charge in [0.2, 0.25) is 17.7 Å². The Morgan fingerprint density at radius 1 is 1.13 bits per heavy atom. The van der Waals surface area contributed by atoms with Crippen LogP contribution in [0.15, 0.2) is 55.6 Å². The van der Waals surface area contributed by atoms with Gasteiger partial charge in [-0.15, -0.1) is 24.9 Å². The molecule has 212 valence electrons. The summed E-state index contributed by atoms with van der Waals surface area (Å²) in [5.41, 5.74) is 0.576. The number of carbonyl (C=O) groups is 3. The minimum Gasteiger partial charge on any atom is -0.396 e. The van der Waals surface area contributed by atoms with Gasteiger partial charge >= 0.3 is 0 Å². The number of rotatable bonds is 12. The fraction of sp³-hybridized carbons (Fsp3) is 0.581. The van der Waals surface area contributed by atoms with Crippen molar-refractivity contribution < 1.29 is 19.5 Å². The lowest BCUT2D eigenvalue weighted by Gasteiger charge is -2.42. The van der Waals surface area contributed by atoms with Gasteiger partial charge in [0, 0.05) is 43.6 Å². The van der Waals surface area contributed by atoms with Gasteiger partial charge in [0.05, 0.1) is 16.6 Å². The Kier molecular flexibility index (Phi) is 8.96. The lowest BCUT2D eigenvalue weighted by Crippen LogP contribution is -2.58. The molecule has 3 amide bonds. The van der Waals surface area contributed by atoms with E-state index in [9.17, 15) is 19.5 Å².